The van der Waals surface area contributed by atoms with Gasteiger partial charge in [0.2, 0.25) is 0 Å². The van der Waals surface area contributed by atoms with Crippen LogP contribution in [-0.2, 0) is 14.3 Å². The maximum Gasteiger partial charge on any atom is 0.348 e. The van der Waals surface area contributed by atoms with Gasteiger partial charge in [0.05, 0.1) is 20.3 Å². The molecule has 0 N–H and O–H groups in total. The first-order valence-electron chi connectivity index (χ1n) is 3.96. The summed E-state index contributed by atoms with van der Waals surface area (Å²) in [5.41, 5.74) is 0. The highest BCUT2D eigenvalue weighted by Gasteiger charge is 1.90. The third-order valence-electron chi connectivity index (χ3n) is 1.11. The number of rotatable bonds is 6. The molecular formula is C8H15NO3. The zero-order valence-corrected chi connectivity index (χ0v) is 7.58. The van der Waals surface area contributed by atoms with E-state index < -0.39 is 5.97 Å². The monoisotopic (exact) mass is 173 g/mol. The molecule has 0 atom stereocenters. The second kappa shape index (κ2) is 8.20. The van der Waals surface area contributed by atoms with Crippen LogP contribution >= 0.6 is 0 Å². The number of ether oxygens (including phenoxy) is 2. The number of esters is 1. The fourth-order valence-electron chi connectivity index (χ4n) is 0.555. The van der Waals surface area contributed by atoms with Crippen LogP contribution in [0.3, 0.4) is 0 Å². The average Bonchev–Trinajstić information content (AvgIpc) is 2.10. The Hall–Kier alpha value is -0.900. The molecule has 0 aromatic carbocycles. The Morgan fingerprint density at radius 3 is 2.83 bits per heavy atom. The second-order valence-corrected chi connectivity index (χ2v) is 2.17. The Balaban J connectivity index is 3.18. The maximum atomic E-state index is 10.5. The molecule has 0 spiro atoms. The van der Waals surface area contributed by atoms with Crippen LogP contribution in [0.1, 0.15) is 13.3 Å². The molecule has 0 aliphatic rings. The normalized spacial score (nSPS) is 10.5. The lowest BCUT2D eigenvalue weighted by Crippen LogP contribution is -2.04. The van der Waals surface area contributed by atoms with Gasteiger partial charge in [-0.15, -0.1) is 0 Å². The molecule has 0 fully saturated rings. The fraction of sp³-hybridized carbons (Fsp3) is 0.750. The van der Waals surface area contributed by atoms with Crippen LogP contribution in [0.2, 0.25) is 0 Å². The zero-order valence-electron chi connectivity index (χ0n) is 7.58. The summed E-state index contributed by atoms with van der Waals surface area (Å²) < 4.78 is 9.48. The van der Waals surface area contributed by atoms with E-state index in [1.54, 1.807) is 0 Å². The van der Waals surface area contributed by atoms with Gasteiger partial charge in [-0.05, 0) is 6.42 Å². The average molecular weight is 173 g/mol. The minimum absolute atomic E-state index is 0.425. The van der Waals surface area contributed by atoms with Crippen molar-refractivity contribution in [2.45, 2.75) is 13.3 Å². The van der Waals surface area contributed by atoms with Gasteiger partial charge in [0.1, 0.15) is 6.21 Å². The summed E-state index contributed by atoms with van der Waals surface area (Å²) in [5.74, 6) is -0.425. The van der Waals surface area contributed by atoms with Crippen molar-refractivity contribution >= 4 is 12.2 Å². The topological polar surface area (TPSA) is 47.9 Å². The van der Waals surface area contributed by atoms with Crippen LogP contribution < -0.4 is 0 Å². The molecule has 0 saturated heterocycles. The fourth-order valence-corrected chi connectivity index (χ4v) is 0.555. The van der Waals surface area contributed by atoms with Crippen molar-refractivity contribution < 1.29 is 14.3 Å². The van der Waals surface area contributed by atoms with Crippen molar-refractivity contribution in [3.05, 3.63) is 0 Å². The Morgan fingerprint density at radius 2 is 2.25 bits per heavy atom. The zero-order chi connectivity index (χ0) is 9.23. The van der Waals surface area contributed by atoms with Crippen LogP contribution in [0, 0.1) is 0 Å². The first-order valence-corrected chi connectivity index (χ1v) is 3.96. The molecule has 0 bridgehead atoms. The van der Waals surface area contributed by atoms with Gasteiger partial charge in [0.15, 0.2) is 0 Å². The van der Waals surface area contributed by atoms with Gasteiger partial charge in [0.25, 0.3) is 0 Å². The molecule has 0 saturated carbocycles. The largest absolute Gasteiger partial charge is 0.465 e. The molecule has 70 valence electrons. The van der Waals surface area contributed by atoms with E-state index in [-0.39, 0.29) is 0 Å². The molecule has 4 nitrogen and oxygen atoms in total. The number of carbonyl (C=O) groups is 1. The summed E-state index contributed by atoms with van der Waals surface area (Å²) in [4.78, 5) is 14.3. The van der Waals surface area contributed by atoms with Crippen molar-refractivity contribution in [3.8, 4) is 0 Å². The highest BCUT2D eigenvalue weighted by molar-refractivity contribution is 6.23. The predicted molar refractivity (Wildman–Crippen MR) is 46.5 cm³/mol. The number of carbonyl (C=O) groups excluding carboxylic acids is 1. The lowest BCUT2D eigenvalue weighted by molar-refractivity contribution is -0.132. The van der Waals surface area contributed by atoms with Crippen molar-refractivity contribution in [2.75, 3.05) is 26.9 Å². The van der Waals surface area contributed by atoms with E-state index in [1.807, 2.05) is 6.92 Å². The Bertz CT molecular complexity index is 145. The van der Waals surface area contributed by atoms with E-state index in [0.29, 0.717) is 13.2 Å². The smallest absolute Gasteiger partial charge is 0.348 e. The first-order chi connectivity index (χ1) is 5.81. The van der Waals surface area contributed by atoms with E-state index in [0.717, 1.165) is 19.2 Å². The van der Waals surface area contributed by atoms with E-state index in [1.165, 1.54) is 7.11 Å². The molecule has 0 rings (SSSR count). The summed E-state index contributed by atoms with van der Waals surface area (Å²) in [6, 6.07) is 0. The summed E-state index contributed by atoms with van der Waals surface area (Å²) in [7, 11) is 1.32. The maximum absolute atomic E-state index is 10.5. The van der Waals surface area contributed by atoms with Gasteiger partial charge >= 0.3 is 5.97 Å². The highest BCUT2D eigenvalue weighted by atomic mass is 16.5. The van der Waals surface area contributed by atoms with E-state index in [9.17, 15) is 4.79 Å². The third-order valence-corrected chi connectivity index (χ3v) is 1.11. The molecule has 0 heterocycles. The molecular weight excluding hydrogens is 158 g/mol. The van der Waals surface area contributed by atoms with Crippen LogP contribution in [0.5, 0.6) is 0 Å². The molecule has 12 heavy (non-hydrogen) atoms. The van der Waals surface area contributed by atoms with Gasteiger partial charge in [-0.1, -0.05) is 6.92 Å². The van der Waals surface area contributed by atoms with Gasteiger partial charge in [-0.3, -0.25) is 4.99 Å². The Morgan fingerprint density at radius 1 is 1.50 bits per heavy atom. The van der Waals surface area contributed by atoms with Gasteiger partial charge in [-0.25, -0.2) is 4.79 Å². The van der Waals surface area contributed by atoms with Crippen molar-refractivity contribution in [1.82, 2.24) is 0 Å². The second-order valence-electron chi connectivity index (χ2n) is 2.17. The van der Waals surface area contributed by atoms with E-state index in [2.05, 4.69) is 9.73 Å². The summed E-state index contributed by atoms with van der Waals surface area (Å²) in [5, 5.41) is 0. The van der Waals surface area contributed by atoms with Crippen molar-refractivity contribution in [1.29, 1.82) is 0 Å². The number of nitrogens with zero attached hydrogens (tertiary/aromatic N) is 1. The number of methoxy groups -OCH3 is 1. The van der Waals surface area contributed by atoms with Gasteiger partial charge < -0.3 is 9.47 Å². The molecule has 0 aromatic rings. The summed E-state index contributed by atoms with van der Waals surface area (Å²) >= 11 is 0. The van der Waals surface area contributed by atoms with Crippen molar-refractivity contribution in [2.24, 2.45) is 4.99 Å². The van der Waals surface area contributed by atoms with Crippen molar-refractivity contribution in [3.63, 3.8) is 0 Å². The van der Waals surface area contributed by atoms with Crippen LogP contribution in [0.15, 0.2) is 4.99 Å². The lowest BCUT2D eigenvalue weighted by atomic mass is 10.5. The summed E-state index contributed by atoms with van der Waals surface area (Å²) in [6.07, 6.45) is 2.16. The van der Waals surface area contributed by atoms with E-state index in [4.69, 9.17) is 4.74 Å². The number of hydrogen-bond donors (Lipinski definition) is 0. The van der Waals surface area contributed by atoms with E-state index >= 15 is 0 Å². The van der Waals surface area contributed by atoms with Gasteiger partial charge in [-0.2, -0.15) is 0 Å². The Kier molecular flexibility index (Phi) is 7.58. The summed E-state index contributed by atoms with van der Waals surface area (Å²) in [6.45, 7) is 3.85. The molecule has 0 amide bonds. The molecule has 0 aliphatic carbocycles. The van der Waals surface area contributed by atoms with Crippen LogP contribution in [-0.4, -0.2) is 39.1 Å². The van der Waals surface area contributed by atoms with Gasteiger partial charge in [0, 0.05) is 6.61 Å². The lowest BCUT2D eigenvalue weighted by Gasteiger charge is -1.97. The molecule has 0 aromatic heterocycles. The standard InChI is InChI=1S/C8H15NO3/c1-3-5-12-6-4-9-7-8(10)11-2/h7H,3-6H2,1-2H3. The quantitative estimate of drug-likeness (QED) is 0.337. The first kappa shape index (κ1) is 11.1. The Labute approximate surface area is 72.6 Å². The van der Waals surface area contributed by atoms with Crippen LogP contribution in [0.4, 0.5) is 0 Å². The molecule has 0 aliphatic heterocycles. The molecule has 4 heteroatoms. The molecule has 0 unspecified atom stereocenters. The van der Waals surface area contributed by atoms with Crippen LogP contribution in [0.25, 0.3) is 0 Å². The predicted octanol–water partition coefficient (Wildman–Crippen LogP) is 0.657. The minimum Gasteiger partial charge on any atom is -0.465 e. The minimum atomic E-state index is -0.425. The highest BCUT2D eigenvalue weighted by Crippen LogP contribution is 1.80. The number of hydrogen-bond acceptors (Lipinski definition) is 4. The molecule has 0 radical (unpaired) electrons. The number of aliphatic imine (C=N–C) groups is 1. The third kappa shape index (κ3) is 7.21. The SMILES string of the molecule is CCCOCCN=CC(=O)OC.